The zero-order valence-electron chi connectivity index (χ0n) is 12.9. The van der Waals surface area contributed by atoms with Gasteiger partial charge in [0.25, 0.3) is 0 Å². The van der Waals surface area contributed by atoms with Crippen LogP contribution in [-0.4, -0.2) is 16.5 Å². The number of pyridine rings is 1. The van der Waals surface area contributed by atoms with Crippen molar-refractivity contribution in [3.8, 4) is 17.0 Å². The molecule has 23 heavy (non-hydrogen) atoms. The van der Waals surface area contributed by atoms with Gasteiger partial charge in [0.15, 0.2) is 0 Å². The number of aromatic nitrogens is 2. The van der Waals surface area contributed by atoms with Crippen molar-refractivity contribution in [1.29, 1.82) is 0 Å². The summed E-state index contributed by atoms with van der Waals surface area (Å²) in [4.78, 5) is 4.92. The number of benzene rings is 2. The van der Waals surface area contributed by atoms with E-state index in [0.717, 1.165) is 29.9 Å². The lowest BCUT2D eigenvalue weighted by molar-refractivity contribution is 0.415. The Hall–Kier alpha value is -2.81. The van der Waals surface area contributed by atoms with Gasteiger partial charge in [-0.25, -0.2) is 4.98 Å². The van der Waals surface area contributed by atoms with Gasteiger partial charge in [-0.05, 0) is 53.4 Å². The van der Waals surface area contributed by atoms with Gasteiger partial charge in [0.2, 0.25) is 0 Å². The normalized spacial score (nSPS) is 13.1. The van der Waals surface area contributed by atoms with Crippen molar-refractivity contribution >= 4 is 16.4 Å². The molecule has 0 saturated carbocycles. The summed E-state index contributed by atoms with van der Waals surface area (Å²) in [5, 5.41) is 2.46. The molecule has 2 aromatic heterocycles. The molecule has 0 radical (unpaired) electrons. The first-order valence-electron chi connectivity index (χ1n) is 7.91. The van der Waals surface area contributed by atoms with Crippen LogP contribution < -0.4 is 4.74 Å². The van der Waals surface area contributed by atoms with Crippen LogP contribution in [0, 0.1) is 0 Å². The lowest BCUT2D eigenvalue weighted by Crippen LogP contribution is -2.06. The SMILES string of the molecule is COc1ccc2c3c(ccc2c1)CCc1c-3nc2ccccn12. The van der Waals surface area contributed by atoms with E-state index < -0.39 is 0 Å². The standard InChI is InChI=1S/C20H16N2O/c1-23-15-8-9-16-14(12-15)6-5-13-7-10-17-20(19(13)16)21-18-4-2-3-11-22(17)18/h2-6,8-9,11-12H,7,10H2,1H3. The maximum absolute atomic E-state index is 5.36. The molecule has 2 aromatic carbocycles. The number of fused-ring (bicyclic) bond motifs is 7. The number of ether oxygens (including phenoxy) is 1. The minimum absolute atomic E-state index is 0.892. The van der Waals surface area contributed by atoms with Crippen LogP contribution in [0.5, 0.6) is 5.75 Å². The molecular formula is C20H16N2O. The molecule has 0 saturated heterocycles. The number of imidazole rings is 1. The van der Waals surface area contributed by atoms with Crippen molar-refractivity contribution < 1.29 is 4.74 Å². The first-order valence-corrected chi connectivity index (χ1v) is 7.91. The third kappa shape index (κ3) is 1.73. The number of nitrogens with zero attached hydrogens (tertiary/aromatic N) is 2. The number of rotatable bonds is 1. The van der Waals surface area contributed by atoms with Crippen LogP contribution in [0.3, 0.4) is 0 Å². The first kappa shape index (κ1) is 12.7. The van der Waals surface area contributed by atoms with E-state index in [4.69, 9.17) is 9.72 Å². The van der Waals surface area contributed by atoms with Crippen molar-refractivity contribution in [3.05, 3.63) is 66.0 Å². The fourth-order valence-corrected chi connectivity index (χ4v) is 3.71. The summed E-state index contributed by atoms with van der Waals surface area (Å²) in [5.74, 6) is 0.892. The van der Waals surface area contributed by atoms with Gasteiger partial charge in [-0.15, -0.1) is 0 Å². The van der Waals surface area contributed by atoms with E-state index in [2.05, 4.69) is 47.0 Å². The second-order valence-electron chi connectivity index (χ2n) is 6.02. The number of aryl methyl sites for hydroxylation is 2. The molecule has 0 fully saturated rings. The molecule has 0 aliphatic heterocycles. The molecule has 112 valence electrons. The van der Waals surface area contributed by atoms with E-state index in [0.29, 0.717) is 0 Å². The van der Waals surface area contributed by atoms with Crippen LogP contribution in [0.15, 0.2) is 54.7 Å². The van der Waals surface area contributed by atoms with Gasteiger partial charge >= 0.3 is 0 Å². The topological polar surface area (TPSA) is 26.5 Å². The van der Waals surface area contributed by atoms with E-state index in [9.17, 15) is 0 Å². The number of methoxy groups -OCH3 is 1. The number of hydrogen-bond acceptors (Lipinski definition) is 2. The quantitative estimate of drug-likeness (QED) is 0.525. The molecule has 1 aliphatic rings. The van der Waals surface area contributed by atoms with E-state index in [1.165, 1.54) is 27.6 Å². The van der Waals surface area contributed by atoms with Gasteiger partial charge < -0.3 is 9.14 Å². The molecule has 0 amide bonds. The van der Waals surface area contributed by atoms with E-state index >= 15 is 0 Å². The van der Waals surface area contributed by atoms with Crippen molar-refractivity contribution in [2.75, 3.05) is 7.11 Å². The lowest BCUT2D eigenvalue weighted by atomic mass is 9.88. The van der Waals surface area contributed by atoms with E-state index in [1.54, 1.807) is 7.11 Å². The van der Waals surface area contributed by atoms with Crippen molar-refractivity contribution in [2.24, 2.45) is 0 Å². The van der Waals surface area contributed by atoms with Gasteiger partial charge in [-0.2, -0.15) is 0 Å². The van der Waals surface area contributed by atoms with Crippen LogP contribution in [0.1, 0.15) is 11.3 Å². The summed E-state index contributed by atoms with van der Waals surface area (Å²) < 4.78 is 7.59. The maximum Gasteiger partial charge on any atom is 0.137 e. The van der Waals surface area contributed by atoms with Crippen LogP contribution in [0.25, 0.3) is 27.7 Å². The predicted octanol–water partition coefficient (Wildman–Crippen LogP) is 4.26. The van der Waals surface area contributed by atoms with Crippen LogP contribution in [-0.2, 0) is 12.8 Å². The Morgan fingerprint density at radius 3 is 2.91 bits per heavy atom. The average molecular weight is 300 g/mol. The van der Waals surface area contributed by atoms with E-state index in [1.807, 2.05) is 12.1 Å². The minimum atomic E-state index is 0.892. The number of hydrogen-bond donors (Lipinski definition) is 0. The molecule has 5 rings (SSSR count). The minimum Gasteiger partial charge on any atom is -0.497 e. The molecule has 0 spiro atoms. The third-order valence-electron chi connectivity index (χ3n) is 4.81. The molecule has 3 heteroatoms. The first-order chi connectivity index (χ1) is 11.3. The Bertz CT molecular complexity index is 1060. The maximum atomic E-state index is 5.36. The predicted molar refractivity (Wildman–Crippen MR) is 92.1 cm³/mol. The van der Waals surface area contributed by atoms with Crippen LogP contribution in [0.2, 0.25) is 0 Å². The third-order valence-corrected chi connectivity index (χ3v) is 4.81. The monoisotopic (exact) mass is 300 g/mol. The van der Waals surface area contributed by atoms with Gasteiger partial charge in [0, 0.05) is 11.8 Å². The smallest absolute Gasteiger partial charge is 0.137 e. The van der Waals surface area contributed by atoms with Crippen LogP contribution in [0.4, 0.5) is 0 Å². The van der Waals surface area contributed by atoms with Crippen molar-refractivity contribution in [3.63, 3.8) is 0 Å². The zero-order chi connectivity index (χ0) is 15.4. The second-order valence-corrected chi connectivity index (χ2v) is 6.02. The Morgan fingerprint density at radius 1 is 1.04 bits per heavy atom. The Morgan fingerprint density at radius 2 is 2.00 bits per heavy atom. The molecule has 1 aliphatic carbocycles. The molecule has 0 atom stereocenters. The summed E-state index contributed by atoms with van der Waals surface area (Å²) in [6.07, 6.45) is 4.21. The summed E-state index contributed by atoms with van der Waals surface area (Å²) in [6.45, 7) is 0. The van der Waals surface area contributed by atoms with Crippen LogP contribution >= 0.6 is 0 Å². The zero-order valence-corrected chi connectivity index (χ0v) is 12.9. The highest BCUT2D eigenvalue weighted by Gasteiger charge is 2.23. The summed E-state index contributed by atoms with van der Waals surface area (Å²) in [7, 11) is 1.71. The van der Waals surface area contributed by atoms with Gasteiger partial charge in [0.1, 0.15) is 11.4 Å². The lowest BCUT2D eigenvalue weighted by Gasteiger charge is -2.18. The fraction of sp³-hybridized carbons (Fsp3) is 0.150. The molecule has 2 heterocycles. The Kier molecular flexibility index (Phi) is 2.54. The molecule has 4 aromatic rings. The summed E-state index contributed by atoms with van der Waals surface area (Å²) in [6, 6.07) is 16.9. The molecular weight excluding hydrogens is 284 g/mol. The second kappa shape index (κ2) is 4.59. The molecule has 0 bridgehead atoms. The van der Waals surface area contributed by atoms with Gasteiger partial charge in [-0.3, -0.25) is 0 Å². The summed E-state index contributed by atoms with van der Waals surface area (Å²) >= 11 is 0. The largest absolute Gasteiger partial charge is 0.497 e. The van der Waals surface area contributed by atoms with Gasteiger partial charge in [-0.1, -0.05) is 24.3 Å². The highest BCUT2D eigenvalue weighted by atomic mass is 16.5. The molecule has 3 nitrogen and oxygen atoms in total. The fourth-order valence-electron chi connectivity index (χ4n) is 3.71. The average Bonchev–Trinajstić information content (AvgIpc) is 2.99. The molecule has 0 unspecified atom stereocenters. The van der Waals surface area contributed by atoms with Crippen molar-refractivity contribution in [1.82, 2.24) is 9.38 Å². The van der Waals surface area contributed by atoms with Crippen molar-refractivity contribution in [2.45, 2.75) is 12.8 Å². The highest BCUT2D eigenvalue weighted by molar-refractivity contribution is 5.99. The van der Waals surface area contributed by atoms with E-state index in [-0.39, 0.29) is 0 Å². The Labute approximate surface area is 134 Å². The highest BCUT2D eigenvalue weighted by Crippen LogP contribution is 2.39. The molecule has 0 N–H and O–H groups in total. The summed E-state index contributed by atoms with van der Waals surface area (Å²) in [5.41, 5.74) is 6.15. The van der Waals surface area contributed by atoms with Gasteiger partial charge in [0.05, 0.1) is 18.5 Å². The Balaban J connectivity index is 1.87.